The quantitative estimate of drug-likeness (QED) is 0.629. The second-order valence-electron chi connectivity index (χ2n) is 4.28. The Morgan fingerprint density at radius 1 is 1.40 bits per heavy atom. The summed E-state index contributed by atoms with van der Waals surface area (Å²) in [5, 5.41) is 0. The van der Waals surface area contributed by atoms with Crippen LogP contribution in [0.2, 0.25) is 0 Å². The van der Waals surface area contributed by atoms with Crippen molar-refractivity contribution in [1.29, 1.82) is 0 Å². The maximum Gasteiger partial charge on any atom is 0.133 e. The first-order valence-corrected chi connectivity index (χ1v) is 6.04. The molecule has 1 heterocycles. The smallest absolute Gasteiger partial charge is 0.133 e. The minimum absolute atomic E-state index is 0.327. The molecule has 0 radical (unpaired) electrons. The SMILES string of the molecule is CCOCCCN1CCC(C(C)=O)CC1. The number of hydrogen-bond donors (Lipinski definition) is 0. The third kappa shape index (κ3) is 4.76. The molecular weight excluding hydrogens is 190 g/mol. The largest absolute Gasteiger partial charge is 0.382 e. The molecule has 1 rings (SSSR count). The van der Waals surface area contributed by atoms with E-state index in [4.69, 9.17) is 4.74 Å². The highest BCUT2D eigenvalue weighted by molar-refractivity contribution is 5.78. The Hall–Kier alpha value is -0.410. The average Bonchev–Trinajstić information content (AvgIpc) is 2.25. The van der Waals surface area contributed by atoms with Crippen molar-refractivity contribution in [3.63, 3.8) is 0 Å². The van der Waals surface area contributed by atoms with Crippen molar-refractivity contribution in [2.45, 2.75) is 33.1 Å². The van der Waals surface area contributed by atoms with Crippen LogP contribution in [0.5, 0.6) is 0 Å². The molecule has 0 N–H and O–H groups in total. The predicted octanol–water partition coefficient (Wildman–Crippen LogP) is 1.71. The van der Waals surface area contributed by atoms with Crippen LogP contribution in [-0.4, -0.2) is 43.5 Å². The zero-order chi connectivity index (χ0) is 11.1. The topological polar surface area (TPSA) is 29.5 Å². The van der Waals surface area contributed by atoms with Gasteiger partial charge in [0.05, 0.1) is 0 Å². The number of likely N-dealkylation sites (tertiary alicyclic amines) is 1. The first-order valence-electron chi connectivity index (χ1n) is 6.04. The van der Waals surface area contributed by atoms with E-state index in [-0.39, 0.29) is 0 Å². The molecule has 0 bridgehead atoms. The van der Waals surface area contributed by atoms with E-state index >= 15 is 0 Å². The van der Waals surface area contributed by atoms with E-state index < -0.39 is 0 Å². The van der Waals surface area contributed by atoms with Crippen LogP contribution in [0.3, 0.4) is 0 Å². The van der Waals surface area contributed by atoms with Gasteiger partial charge in [-0.1, -0.05) is 0 Å². The summed E-state index contributed by atoms with van der Waals surface area (Å²) in [6, 6.07) is 0. The van der Waals surface area contributed by atoms with E-state index in [1.807, 2.05) is 6.92 Å². The Labute approximate surface area is 92.8 Å². The third-order valence-electron chi connectivity index (χ3n) is 3.13. The summed E-state index contributed by atoms with van der Waals surface area (Å²) in [7, 11) is 0. The van der Waals surface area contributed by atoms with Crippen molar-refractivity contribution in [2.75, 3.05) is 32.8 Å². The van der Waals surface area contributed by atoms with Gasteiger partial charge in [0.2, 0.25) is 0 Å². The maximum absolute atomic E-state index is 11.2. The fourth-order valence-electron chi connectivity index (χ4n) is 2.10. The lowest BCUT2D eigenvalue weighted by Crippen LogP contribution is -2.36. The Bertz CT molecular complexity index is 186. The van der Waals surface area contributed by atoms with Gasteiger partial charge in [0.1, 0.15) is 5.78 Å². The van der Waals surface area contributed by atoms with Crippen LogP contribution in [0.25, 0.3) is 0 Å². The number of piperidine rings is 1. The number of carbonyl (C=O) groups is 1. The Kier molecular flexibility index (Phi) is 5.88. The van der Waals surface area contributed by atoms with Crippen molar-refractivity contribution in [1.82, 2.24) is 4.90 Å². The molecule has 1 aliphatic heterocycles. The van der Waals surface area contributed by atoms with Gasteiger partial charge in [-0.25, -0.2) is 0 Å². The number of carbonyl (C=O) groups excluding carboxylic acids is 1. The normalized spacial score (nSPS) is 19.3. The van der Waals surface area contributed by atoms with E-state index in [9.17, 15) is 4.79 Å². The van der Waals surface area contributed by atoms with Gasteiger partial charge in [0, 0.05) is 25.7 Å². The number of ketones is 1. The lowest BCUT2D eigenvalue weighted by molar-refractivity contribution is -0.122. The highest BCUT2D eigenvalue weighted by Gasteiger charge is 2.21. The minimum atomic E-state index is 0.327. The Morgan fingerprint density at radius 3 is 2.60 bits per heavy atom. The van der Waals surface area contributed by atoms with Gasteiger partial charge in [-0.15, -0.1) is 0 Å². The molecule has 88 valence electrons. The first-order chi connectivity index (χ1) is 7.24. The van der Waals surface area contributed by atoms with Crippen molar-refractivity contribution >= 4 is 5.78 Å². The molecular formula is C12H23NO2. The standard InChI is InChI=1S/C12H23NO2/c1-3-15-10-4-7-13-8-5-12(6-9-13)11(2)14/h12H,3-10H2,1-2H3. The zero-order valence-corrected chi connectivity index (χ0v) is 10.00. The maximum atomic E-state index is 11.2. The Balaban J connectivity index is 2.07. The molecule has 1 aliphatic rings. The fraction of sp³-hybridized carbons (Fsp3) is 0.917. The number of Topliss-reactive ketones (excluding diaryl/α,β-unsaturated/α-hetero) is 1. The lowest BCUT2D eigenvalue weighted by atomic mass is 9.93. The summed E-state index contributed by atoms with van der Waals surface area (Å²) >= 11 is 0. The zero-order valence-electron chi connectivity index (χ0n) is 10.00. The summed E-state index contributed by atoms with van der Waals surface area (Å²) < 4.78 is 5.30. The monoisotopic (exact) mass is 213 g/mol. The molecule has 1 saturated heterocycles. The van der Waals surface area contributed by atoms with Gasteiger partial charge in [0.25, 0.3) is 0 Å². The van der Waals surface area contributed by atoms with Crippen LogP contribution in [0.15, 0.2) is 0 Å². The molecule has 0 atom stereocenters. The van der Waals surface area contributed by atoms with Gasteiger partial charge in [-0.3, -0.25) is 4.79 Å². The molecule has 0 aromatic rings. The van der Waals surface area contributed by atoms with Crippen LogP contribution < -0.4 is 0 Å². The second-order valence-corrected chi connectivity index (χ2v) is 4.28. The van der Waals surface area contributed by atoms with Crippen molar-refractivity contribution in [3.8, 4) is 0 Å². The predicted molar refractivity (Wildman–Crippen MR) is 61.0 cm³/mol. The Morgan fingerprint density at radius 2 is 2.07 bits per heavy atom. The highest BCUT2D eigenvalue weighted by Crippen LogP contribution is 2.17. The molecule has 0 spiro atoms. The van der Waals surface area contributed by atoms with Crippen LogP contribution >= 0.6 is 0 Å². The van der Waals surface area contributed by atoms with Gasteiger partial charge in [-0.2, -0.15) is 0 Å². The summed E-state index contributed by atoms with van der Waals surface area (Å²) in [6.07, 6.45) is 3.20. The average molecular weight is 213 g/mol. The molecule has 0 saturated carbocycles. The highest BCUT2D eigenvalue weighted by atomic mass is 16.5. The van der Waals surface area contributed by atoms with Crippen LogP contribution in [0, 0.1) is 5.92 Å². The summed E-state index contributed by atoms with van der Waals surface area (Å²) in [4.78, 5) is 13.6. The van der Waals surface area contributed by atoms with Crippen LogP contribution in [0.4, 0.5) is 0 Å². The number of nitrogens with zero attached hydrogens (tertiary/aromatic N) is 1. The summed E-state index contributed by atoms with van der Waals surface area (Å²) in [5.41, 5.74) is 0. The summed E-state index contributed by atoms with van der Waals surface area (Å²) in [6.45, 7) is 8.70. The number of ether oxygens (including phenoxy) is 1. The number of hydrogen-bond acceptors (Lipinski definition) is 3. The van der Waals surface area contributed by atoms with E-state index in [0.717, 1.165) is 52.1 Å². The van der Waals surface area contributed by atoms with Gasteiger partial charge in [0.15, 0.2) is 0 Å². The van der Waals surface area contributed by atoms with Crippen molar-refractivity contribution in [2.24, 2.45) is 5.92 Å². The van der Waals surface area contributed by atoms with E-state index in [0.29, 0.717) is 11.7 Å². The van der Waals surface area contributed by atoms with E-state index in [1.165, 1.54) is 0 Å². The van der Waals surface area contributed by atoms with Crippen LogP contribution in [-0.2, 0) is 9.53 Å². The molecule has 3 heteroatoms. The van der Waals surface area contributed by atoms with E-state index in [2.05, 4.69) is 4.90 Å². The first kappa shape index (κ1) is 12.7. The fourth-order valence-corrected chi connectivity index (χ4v) is 2.10. The van der Waals surface area contributed by atoms with Gasteiger partial charge < -0.3 is 9.64 Å². The molecule has 0 amide bonds. The van der Waals surface area contributed by atoms with E-state index in [1.54, 1.807) is 6.92 Å². The minimum Gasteiger partial charge on any atom is -0.382 e. The molecule has 0 aliphatic carbocycles. The van der Waals surface area contributed by atoms with Crippen molar-refractivity contribution in [3.05, 3.63) is 0 Å². The molecule has 1 fully saturated rings. The third-order valence-corrected chi connectivity index (χ3v) is 3.13. The molecule has 0 unspecified atom stereocenters. The number of rotatable bonds is 6. The molecule has 0 aromatic carbocycles. The molecule has 3 nitrogen and oxygen atoms in total. The van der Waals surface area contributed by atoms with Crippen LogP contribution in [0.1, 0.15) is 33.1 Å². The summed E-state index contributed by atoms with van der Waals surface area (Å²) in [5.74, 6) is 0.692. The molecule has 15 heavy (non-hydrogen) atoms. The molecule has 0 aromatic heterocycles. The second kappa shape index (κ2) is 6.96. The van der Waals surface area contributed by atoms with Gasteiger partial charge >= 0.3 is 0 Å². The van der Waals surface area contributed by atoms with Crippen molar-refractivity contribution < 1.29 is 9.53 Å². The van der Waals surface area contributed by atoms with Gasteiger partial charge in [-0.05, 0) is 46.2 Å². The lowest BCUT2D eigenvalue weighted by Gasteiger charge is -2.30.